The minimum atomic E-state index is -0.967. The molecule has 21 heavy (non-hydrogen) atoms. The molecule has 0 radical (unpaired) electrons. The minimum Gasteiger partial charge on any atom is -0.385 e. The van der Waals surface area contributed by atoms with Crippen LogP contribution in [0.25, 0.3) is 11.3 Å². The molecule has 0 aliphatic carbocycles. The molecule has 0 aliphatic heterocycles. The number of nitrogens with zero attached hydrogens (tertiary/aromatic N) is 1. The SMILES string of the molecule is C#CCNC(=O)c1c(-c2ccc(Cl)cc2)noc1C(C)O. The van der Waals surface area contributed by atoms with Gasteiger partial charge < -0.3 is 14.9 Å². The number of aliphatic hydroxyl groups excluding tert-OH is 1. The van der Waals surface area contributed by atoms with Gasteiger partial charge >= 0.3 is 0 Å². The summed E-state index contributed by atoms with van der Waals surface area (Å²) in [5.74, 6) is 1.96. The lowest BCUT2D eigenvalue weighted by Gasteiger charge is -2.06. The molecule has 1 unspecified atom stereocenters. The molecule has 1 amide bonds. The number of rotatable bonds is 4. The first kappa shape index (κ1) is 15.1. The van der Waals surface area contributed by atoms with Crippen molar-refractivity contribution in [3.63, 3.8) is 0 Å². The van der Waals surface area contributed by atoms with Crippen LogP contribution in [0.4, 0.5) is 0 Å². The molecule has 6 heteroatoms. The van der Waals surface area contributed by atoms with Crippen molar-refractivity contribution in [2.24, 2.45) is 0 Å². The van der Waals surface area contributed by atoms with E-state index in [1.807, 2.05) is 0 Å². The molecule has 0 spiro atoms. The molecule has 1 heterocycles. The zero-order valence-electron chi connectivity index (χ0n) is 11.3. The summed E-state index contributed by atoms with van der Waals surface area (Å²) in [4.78, 5) is 12.2. The fourth-order valence-electron chi connectivity index (χ4n) is 1.83. The molecule has 0 bridgehead atoms. The maximum absolute atomic E-state index is 12.2. The summed E-state index contributed by atoms with van der Waals surface area (Å²) in [5.41, 5.74) is 1.15. The van der Waals surface area contributed by atoms with E-state index in [-0.39, 0.29) is 17.9 Å². The average Bonchev–Trinajstić information content (AvgIpc) is 2.90. The van der Waals surface area contributed by atoms with Crippen LogP contribution in [0.3, 0.4) is 0 Å². The molecule has 0 saturated carbocycles. The Morgan fingerprint density at radius 3 is 2.76 bits per heavy atom. The highest BCUT2D eigenvalue weighted by molar-refractivity contribution is 6.30. The lowest BCUT2D eigenvalue weighted by Crippen LogP contribution is -2.25. The van der Waals surface area contributed by atoms with Crippen LogP contribution < -0.4 is 5.32 Å². The second-order valence-corrected chi connectivity index (χ2v) is 4.78. The molecule has 1 atom stereocenters. The Morgan fingerprint density at radius 2 is 2.19 bits per heavy atom. The van der Waals surface area contributed by atoms with Crippen LogP contribution in [0.5, 0.6) is 0 Å². The lowest BCUT2D eigenvalue weighted by molar-refractivity contribution is 0.0946. The summed E-state index contributed by atoms with van der Waals surface area (Å²) in [6.45, 7) is 1.56. The van der Waals surface area contributed by atoms with Crippen molar-refractivity contribution < 1.29 is 14.4 Å². The zero-order valence-corrected chi connectivity index (χ0v) is 12.0. The fraction of sp³-hybridized carbons (Fsp3) is 0.200. The molecule has 0 saturated heterocycles. The zero-order chi connectivity index (χ0) is 15.4. The van der Waals surface area contributed by atoms with Crippen LogP contribution in [0.1, 0.15) is 29.1 Å². The van der Waals surface area contributed by atoms with Gasteiger partial charge in [0.15, 0.2) is 5.76 Å². The predicted molar refractivity (Wildman–Crippen MR) is 78.7 cm³/mol. The number of halogens is 1. The van der Waals surface area contributed by atoms with E-state index in [1.54, 1.807) is 24.3 Å². The van der Waals surface area contributed by atoms with Gasteiger partial charge in [0.1, 0.15) is 17.4 Å². The van der Waals surface area contributed by atoms with E-state index < -0.39 is 12.0 Å². The Labute approximate surface area is 126 Å². The van der Waals surface area contributed by atoms with Crippen LogP contribution in [0.15, 0.2) is 28.8 Å². The molecule has 1 aromatic carbocycles. The number of carbonyl (C=O) groups is 1. The lowest BCUT2D eigenvalue weighted by atomic mass is 10.0. The molecule has 0 fully saturated rings. The number of nitrogens with one attached hydrogen (secondary N) is 1. The Bertz CT molecular complexity index is 684. The van der Waals surface area contributed by atoms with Crippen LogP contribution in [-0.4, -0.2) is 22.7 Å². The first-order valence-corrected chi connectivity index (χ1v) is 6.57. The highest BCUT2D eigenvalue weighted by Gasteiger charge is 2.26. The number of benzene rings is 1. The van der Waals surface area contributed by atoms with Gasteiger partial charge in [0.05, 0.1) is 6.54 Å². The van der Waals surface area contributed by atoms with Gasteiger partial charge in [-0.05, 0) is 19.1 Å². The number of carbonyl (C=O) groups excluding carboxylic acids is 1. The molecule has 0 aliphatic rings. The second kappa shape index (κ2) is 6.44. The number of aromatic nitrogens is 1. The third-order valence-corrected chi connectivity index (χ3v) is 3.05. The van der Waals surface area contributed by atoms with E-state index in [0.29, 0.717) is 16.3 Å². The molecule has 108 valence electrons. The minimum absolute atomic E-state index is 0.0727. The molecule has 1 aromatic heterocycles. The van der Waals surface area contributed by atoms with Crippen molar-refractivity contribution in [2.75, 3.05) is 6.54 Å². The maximum Gasteiger partial charge on any atom is 0.258 e. The van der Waals surface area contributed by atoms with E-state index in [2.05, 4.69) is 16.4 Å². The summed E-state index contributed by atoms with van der Waals surface area (Å²) >= 11 is 5.84. The average molecular weight is 305 g/mol. The van der Waals surface area contributed by atoms with Crippen molar-refractivity contribution in [3.05, 3.63) is 40.6 Å². The fourth-order valence-corrected chi connectivity index (χ4v) is 1.96. The van der Waals surface area contributed by atoms with Crippen LogP contribution >= 0.6 is 11.6 Å². The van der Waals surface area contributed by atoms with Gasteiger partial charge in [-0.25, -0.2) is 0 Å². The van der Waals surface area contributed by atoms with Crippen molar-refractivity contribution in [1.29, 1.82) is 0 Å². The standard InChI is InChI=1S/C15H13ClN2O3/c1-3-8-17-15(20)12-13(18-21-14(12)9(2)19)10-4-6-11(16)7-5-10/h1,4-7,9,19H,8H2,2H3,(H,17,20). The van der Waals surface area contributed by atoms with Crippen molar-refractivity contribution >= 4 is 17.5 Å². The highest BCUT2D eigenvalue weighted by atomic mass is 35.5. The Kier molecular flexibility index (Phi) is 4.63. The number of aliphatic hydroxyl groups is 1. The summed E-state index contributed by atoms with van der Waals surface area (Å²) in [5, 5.41) is 16.7. The molecule has 2 N–H and O–H groups in total. The molecule has 2 rings (SSSR count). The summed E-state index contributed by atoms with van der Waals surface area (Å²) in [6, 6.07) is 6.78. The summed E-state index contributed by atoms with van der Waals surface area (Å²) in [6.07, 6.45) is 4.16. The van der Waals surface area contributed by atoms with Gasteiger partial charge in [-0.3, -0.25) is 4.79 Å². The number of hydrogen-bond donors (Lipinski definition) is 2. The van der Waals surface area contributed by atoms with E-state index in [4.69, 9.17) is 22.5 Å². The largest absolute Gasteiger partial charge is 0.385 e. The second-order valence-electron chi connectivity index (χ2n) is 4.34. The maximum atomic E-state index is 12.2. The quantitative estimate of drug-likeness (QED) is 0.851. The van der Waals surface area contributed by atoms with E-state index in [9.17, 15) is 9.90 Å². The number of hydrogen-bond acceptors (Lipinski definition) is 4. The van der Waals surface area contributed by atoms with Gasteiger partial charge in [-0.2, -0.15) is 0 Å². The van der Waals surface area contributed by atoms with E-state index in [1.165, 1.54) is 6.92 Å². The molecule has 5 nitrogen and oxygen atoms in total. The molecular weight excluding hydrogens is 292 g/mol. The Morgan fingerprint density at radius 1 is 1.52 bits per heavy atom. The molecular formula is C15H13ClN2O3. The van der Waals surface area contributed by atoms with Crippen molar-refractivity contribution in [3.8, 4) is 23.6 Å². The molecule has 2 aromatic rings. The summed E-state index contributed by atoms with van der Waals surface area (Å²) in [7, 11) is 0. The predicted octanol–water partition coefficient (Wildman–Crippen LogP) is 2.41. The Hall–Kier alpha value is -2.29. The van der Waals surface area contributed by atoms with Gasteiger partial charge in [0.25, 0.3) is 5.91 Å². The monoisotopic (exact) mass is 304 g/mol. The van der Waals surface area contributed by atoms with E-state index in [0.717, 1.165) is 0 Å². The highest BCUT2D eigenvalue weighted by Crippen LogP contribution is 2.29. The van der Waals surface area contributed by atoms with E-state index >= 15 is 0 Å². The van der Waals surface area contributed by atoms with Crippen LogP contribution in [0, 0.1) is 12.3 Å². The van der Waals surface area contributed by atoms with Crippen LogP contribution in [-0.2, 0) is 0 Å². The topological polar surface area (TPSA) is 75.4 Å². The Balaban J connectivity index is 2.49. The first-order chi connectivity index (χ1) is 10.0. The van der Waals surface area contributed by atoms with Gasteiger partial charge in [0, 0.05) is 10.6 Å². The number of terminal acetylenes is 1. The summed E-state index contributed by atoms with van der Waals surface area (Å²) < 4.78 is 5.10. The third-order valence-electron chi connectivity index (χ3n) is 2.79. The van der Waals surface area contributed by atoms with Crippen LogP contribution in [0.2, 0.25) is 5.02 Å². The smallest absolute Gasteiger partial charge is 0.258 e. The van der Waals surface area contributed by atoms with Gasteiger partial charge in [0.2, 0.25) is 0 Å². The van der Waals surface area contributed by atoms with Crippen molar-refractivity contribution in [2.45, 2.75) is 13.0 Å². The van der Waals surface area contributed by atoms with Gasteiger partial charge in [-0.1, -0.05) is 34.8 Å². The normalized spacial score (nSPS) is 11.7. The first-order valence-electron chi connectivity index (χ1n) is 6.19. The number of amides is 1. The van der Waals surface area contributed by atoms with Crippen molar-refractivity contribution in [1.82, 2.24) is 10.5 Å². The third kappa shape index (κ3) is 3.24. The van der Waals surface area contributed by atoms with Gasteiger partial charge in [-0.15, -0.1) is 6.42 Å².